The largest absolute Gasteiger partial charge is 0.321 e. The van der Waals surface area contributed by atoms with Crippen LogP contribution in [0.15, 0.2) is 54.2 Å². The number of amides is 1. The fourth-order valence-electron chi connectivity index (χ4n) is 2.65. The molecule has 26 heavy (non-hydrogen) atoms. The molecule has 0 fully saturated rings. The molecule has 0 atom stereocenters. The van der Waals surface area contributed by atoms with E-state index in [1.54, 1.807) is 11.3 Å². The first-order chi connectivity index (χ1) is 12.6. The lowest BCUT2D eigenvalue weighted by Gasteiger charge is -2.09. The van der Waals surface area contributed by atoms with Gasteiger partial charge in [-0.1, -0.05) is 29.5 Å². The van der Waals surface area contributed by atoms with E-state index in [4.69, 9.17) is 0 Å². The van der Waals surface area contributed by atoms with Crippen LogP contribution in [0.3, 0.4) is 0 Å². The summed E-state index contributed by atoms with van der Waals surface area (Å²) < 4.78 is 1.90. The maximum atomic E-state index is 12.8. The molecule has 0 spiro atoms. The van der Waals surface area contributed by atoms with E-state index < -0.39 is 0 Å². The van der Waals surface area contributed by atoms with Crippen LogP contribution in [0.2, 0.25) is 0 Å². The summed E-state index contributed by atoms with van der Waals surface area (Å²) >= 11 is 2.97. The van der Waals surface area contributed by atoms with Crippen molar-refractivity contribution in [3.63, 3.8) is 0 Å². The van der Waals surface area contributed by atoms with Crippen molar-refractivity contribution in [1.29, 1.82) is 0 Å². The highest BCUT2D eigenvalue weighted by Gasteiger charge is 2.18. The second-order valence-corrected chi connectivity index (χ2v) is 7.79. The summed E-state index contributed by atoms with van der Waals surface area (Å²) in [6.07, 6.45) is 3.83. The van der Waals surface area contributed by atoms with E-state index in [0.29, 0.717) is 4.88 Å². The summed E-state index contributed by atoms with van der Waals surface area (Å²) in [5.74, 6) is -0.155. The van der Waals surface area contributed by atoms with E-state index in [1.165, 1.54) is 11.3 Å². The fraction of sp³-hybridized carbons (Fsp3) is 0.105. The van der Waals surface area contributed by atoms with Gasteiger partial charge in [0, 0.05) is 23.3 Å². The number of thiazole rings is 2. The molecule has 0 unspecified atom stereocenters. The van der Waals surface area contributed by atoms with Gasteiger partial charge in [0.1, 0.15) is 4.88 Å². The first-order valence-electron chi connectivity index (χ1n) is 8.05. The van der Waals surface area contributed by atoms with Gasteiger partial charge in [-0.2, -0.15) is 0 Å². The number of rotatable bonds is 4. The zero-order valence-corrected chi connectivity index (χ0v) is 15.9. The first kappa shape index (κ1) is 16.7. The normalized spacial score (nSPS) is 10.8. The number of carbonyl (C=O) groups is 1. The monoisotopic (exact) mass is 380 g/mol. The van der Waals surface area contributed by atoms with Gasteiger partial charge in [-0.25, -0.2) is 9.97 Å². The van der Waals surface area contributed by atoms with Gasteiger partial charge in [0.25, 0.3) is 5.91 Å². The Morgan fingerprint density at radius 2 is 1.85 bits per heavy atom. The Morgan fingerprint density at radius 1 is 1.08 bits per heavy atom. The Kier molecular flexibility index (Phi) is 4.40. The lowest BCUT2D eigenvalue weighted by atomic mass is 10.1. The van der Waals surface area contributed by atoms with Crippen molar-refractivity contribution >= 4 is 34.3 Å². The Bertz CT molecular complexity index is 1060. The highest BCUT2D eigenvalue weighted by atomic mass is 32.1. The Morgan fingerprint density at radius 3 is 2.58 bits per heavy atom. The minimum absolute atomic E-state index is 0.155. The molecule has 0 saturated carbocycles. The summed E-state index contributed by atoms with van der Waals surface area (Å²) in [7, 11) is 0. The van der Waals surface area contributed by atoms with Crippen LogP contribution >= 0.6 is 22.7 Å². The fourth-order valence-corrected chi connectivity index (χ4v) is 4.19. The van der Waals surface area contributed by atoms with Crippen LogP contribution in [0, 0.1) is 13.8 Å². The number of nitrogens with one attached hydrogen (secondary N) is 1. The van der Waals surface area contributed by atoms with Crippen LogP contribution in [-0.2, 0) is 0 Å². The van der Waals surface area contributed by atoms with E-state index >= 15 is 0 Å². The average molecular weight is 380 g/mol. The Labute approximate surface area is 159 Å². The van der Waals surface area contributed by atoms with Crippen LogP contribution in [-0.4, -0.2) is 20.4 Å². The Balaban J connectivity index is 1.64. The van der Waals surface area contributed by atoms with Crippen molar-refractivity contribution in [2.24, 2.45) is 0 Å². The molecule has 7 heteroatoms. The predicted molar refractivity (Wildman–Crippen MR) is 106 cm³/mol. The van der Waals surface area contributed by atoms with Gasteiger partial charge in [0.15, 0.2) is 5.13 Å². The number of benzene rings is 1. The summed E-state index contributed by atoms with van der Waals surface area (Å²) in [4.78, 5) is 22.5. The minimum Gasteiger partial charge on any atom is -0.321 e. The van der Waals surface area contributed by atoms with Crippen LogP contribution < -0.4 is 5.32 Å². The van der Waals surface area contributed by atoms with Gasteiger partial charge in [0.05, 0.1) is 22.1 Å². The van der Waals surface area contributed by atoms with Crippen molar-refractivity contribution in [2.75, 3.05) is 5.32 Å². The van der Waals surface area contributed by atoms with Crippen molar-refractivity contribution in [2.45, 2.75) is 13.8 Å². The third-order valence-electron chi connectivity index (χ3n) is 3.89. The van der Waals surface area contributed by atoms with Crippen LogP contribution in [0.4, 0.5) is 5.69 Å². The predicted octanol–water partition coefficient (Wildman–Crippen LogP) is 4.93. The van der Waals surface area contributed by atoms with Crippen molar-refractivity contribution in [3.05, 3.63) is 69.8 Å². The molecule has 0 saturated heterocycles. The number of aryl methyl sites for hydroxylation is 2. The quantitative estimate of drug-likeness (QED) is 0.546. The maximum Gasteiger partial charge on any atom is 0.267 e. The lowest BCUT2D eigenvalue weighted by molar-refractivity contribution is 0.103. The van der Waals surface area contributed by atoms with E-state index in [9.17, 15) is 4.79 Å². The number of aromatic nitrogens is 3. The zero-order valence-electron chi connectivity index (χ0n) is 14.3. The molecule has 1 amide bonds. The molecular weight excluding hydrogens is 364 g/mol. The van der Waals surface area contributed by atoms with Crippen molar-refractivity contribution in [3.8, 4) is 16.4 Å². The van der Waals surface area contributed by atoms with Crippen molar-refractivity contribution in [1.82, 2.24) is 14.5 Å². The van der Waals surface area contributed by atoms with Crippen LogP contribution in [0.1, 0.15) is 20.4 Å². The van der Waals surface area contributed by atoms with Crippen LogP contribution in [0.25, 0.3) is 16.4 Å². The van der Waals surface area contributed by atoms with Gasteiger partial charge in [-0.15, -0.1) is 11.3 Å². The van der Waals surface area contributed by atoms with Crippen molar-refractivity contribution < 1.29 is 4.79 Å². The second kappa shape index (κ2) is 6.86. The third kappa shape index (κ3) is 3.18. The van der Waals surface area contributed by atoms with E-state index in [1.807, 2.05) is 72.6 Å². The summed E-state index contributed by atoms with van der Waals surface area (Å²) in [5.41, 5.74) is 3.26. The third-order valence-corrected chi connectivity index (χ3v) is 5.83. The summed E-state index contributed by atoms with van der Waals surface area (Å²) in [5, 5.41) is 6.80. The number of carbonyl (C=O) groups excluding carboxylic acids is 1. The van der Waals surface area contributed by atoms with Gasteiger partial charge in [-0.3, -0.25) is 4.79 Å². The standard InChI is InChI=1S/C19H16N4OS2/c1-12-17(26-19(20-12)23-9-5-6-10-23)18(24)22-15-8-4-3-7-14(15)16-11-25-13(2)21-16/h3-11H,1-2H3,(H,22,24). The molecular formula is C19H16N4OS2. The zero-order chi connectivity index (χ0) is 18.1. The highest BCUT2D eigenvalue weighted by Crippen LogP contribution is 2.30. The molecule has 130 valence electrons. The van der Waals surface area contributed by atoms with Gasteiger partial charge < -0.3 is 9.88 Å². The molecule has 0 aliphatic heterocycles. The Hall–Kier alpha value is -2.77. The molecule has 5 nitrogen and oxygen atoms in total. The number of para-hydroxylation sites is 1. The summed E-state index contributed by atoms with van der Waals surface area (Å²) in [6, 6.07) is 11.6. The average Bonchev–Trinajstić information content (AvgIpc) is 3.36. The summed E-state index contributed by atoms with van der Waals surface area (Å²) in [6.45, 7) is 3.83. The number of hydrogen-bond donors (Lipinski definition) is 1. The molecule has 4 rings (SSSR count). The second-order valence-electron chi connectivity index (χ2n) is 5.75. The molecule has 1 N–H and O–H groups in total. The van der Waals surface area contributed by atoms with Gasteiger partial charge in [-0.05, 0) is 32.0 Å². The number of hydrogen-bond acceptors (Lipinski definition) is 5. The topological polar surface area (TPSA) is 59.8 Å². The van der Waals surface area contributed by atoms with Gasteiger partial charge >= 0.3 is 0 Å². The number of anilines is 1. The van der Waals surface area contributed by atoms with Crippen LogP contribution in [0.5, 0.6) is 0 Å². The first-order valence-corrected chi connectivity index (χ1v) is 9.75. The van der Waals surface area contributed by atoms with Gasteiger partial charge in [0.2, 0.25) is 0 Å². The minimum atomic E-state index is -0.155. The smallest absolute Gasteiger partial charge is 0.267 e. The highest BCUT2D eigenvalue weighted by molar-refractivity contribution is 7.16. The SMILES string of the molecule is Cc1nc(-c2ccccc2NC(=O)c2sc(-n3cccc3)nc2C)cs1. The van der Waals surface area contributed by atoms with E-state index in [0.717, 1.165) is 32.8 Å². The molecule has 0 bridgehead atoms. The van der Waals surface area contributed by atoms with E-state index in [2.05, 4.69) is 15.3 Å². The molecule has 3 heterocycles. The van der Waals surface area contributed by atoms with E-state index in [-0.39, 0.29) is 5.91 Å². The molecule has 1 aromatic carbocycles. The number of nitrogens with zero attached hydrogens (tertiary/aromatic N) is 3. The lowest BCUT2D eigenvalue weighted by Crippen LogP contribution is -2.12. The molecule has 0 aliphatic carbocycles. The molecule has 0 radical (unpaired) electrons. The molecule has 3 aromatic heterocycles. The molecule has 4 aromatic rings. The molecule has 0 aliphatic rings. The maximum absolute atomic E-state index is 12.8.